The van der Waals surface area contributed by atoms with Crippen molar-refractivity contribution in [2.24, 2.45) is 5.73 Å². The molecule has 0 saturated heterocycles. The van der Waals surface area contributed by atoms with E-state index in [4.69, 9.17) is 10.8 Å². The Morgan fingerprint density at radius 3 is 2.29 bits per heavy atom. The Hall–Kier alpha value is -0.340. The lowest BCUT2D eigenvalue weighted by molar-refractivity contribution is 0.219. The molecule has 0 radical (unpaired) electrons. The van der Waals surface area contributed by atoms with Gasteiger partial charge in [0.25, 0.3) is 0 Å². The lowest BCUT2D eigenvalue weighted by atomic mass is 10.3. The van der Waals surface area contributed by atoms with Crippen molar-refractivity contribution in [2.45, 2.75) is 20.1 Å². The quantitative estimate of drug-likeness (QED) is 0.367. The first-order valence-electron chi connectivity index (χ1n) is 2.25. The normalized spacial score (nSPS) is 16.9. The average Bonchev–Trinajstić information content (AvgIpc) is 1.65. The van der Waals surface area contributed by atoms with Gasteiger partial charge in [-0.1, -0.05) is 6.08 Å². The van der Waals surface area contributed by atoms with E-state index in [2.05, 4.69) is 0 Å². The number of hydrogen-bond acceptors (Lipinski definition) is 2. The molecule has 0 bridgehead atoms. The van der Waals surface area contributed by atoms with E-state index in [1.807, 2.05) is 6.92 Å². The minimum Gasteiger partial charge on any atom is -0.375 e. The molecule has 0 aliphatic heterocycles. The minimum atomic E-state index is -0.773. The molecule has 0 aliphatic rings. The van der Waals surface area contributed by atoms with Crippen molar-refractivity contribution in [3.05, 3.63) is 11.6 Å². The smallest absolute Gasteiger partial charge is 0.124 e. The van der Waals surface area contributed by atoms with Gasteiger partial charge in [-0.2, -0.15) is 0 Å². The van der Waals surface area contributed by atoms with E-state index in [1.54, 1.807) is 13.0 Å². The standard InChI is InChI=1S/C5H11NO/c1-3-4(2)5(6)7/h3,5,7H,6H2,1-2H3/b4-3-. The molecule has 0 fully saturated rings. The molecule has 0 aromatic rings. The largest absolute Gasteiger partial charge is 0.375 e. The topological polar surface area (TPSA) is 46.2 Å². The number of rotatable bonds is 1. The highest BCUT2D eigenvalue weighted by Gasteiger charge is 1.92. The monoisotopic (exact) mass is 101 g/mol. The van der Waals surface area contributed by atoms with Crippen LogP contribution in [0.1, 0.15) is 13.8 Å². The molecule has 7 heavy (non-hydrogen) atoms. The van der Waals surface area contributed by atoms with Crippen LogP contribution in [0.25, 0.3) is 0 Å². The van der Waals surface area contributed by atoms with Crippen LogP contribution in [0.3, 0.4) is 0 Å². The fourth-order valence-corrected chi connectivity index (χ4v) is 0.171. The van der Waals surface area contributed by atoms with Gasteiger partial charge in [-0.15, -0.1) is 0 Å². The number of aliphatic hydroxyl groups is 1. The predicted molar refractivity (Wildman–Crippen MR) is 29.6 cm³/mol. The molecule has 3 N–H and O–H groups in total. The highest BCUT2D eigenvalue weighted by molar-refractivity contribution is 4.99. The van der Waals surface area contributed by atoms with Crippen molar-refractivity contribution in [3.8, 4) is 0 Å². The van der Waals surface area contributed by atoms with E-state index in [0.717, 1.165) is 5.57 Å². The van der Waals surface area contributed by atoms with Crippen molar-refractivity contribution in [1.29, 1.82) is 0 Å². The van der Waals surface area contributed by atoms with Crippen molar-refractivity contribution >= 4 is 0 Å². The lowest BCUT2D eigenvalue weighted by Crippen LogP contribution is -2.19. The van der Waals surface area contributed by atoms with E-state index in [-0.39, 0.29) is 0 Å². The number of aliphatic hydroxyl groups excluding tert-OH is 1. The molecule has 0 rings (SSSR count). The van der Waals surface area contributed by atoms with Crippen LogP contribution in [-0.2, 0) is 0 Å². The van der Waals surface area contributed by atoms with Crippen LogP contribution < -0.4 is 5.73 Å². The fraction of sp³-hybridized carbons (Fsp3) is 0.600. The molecule has 0 aliphatic carbocycles. The van der Waals surface area contributed by atoms with Gasteiger partial charge in [-0.05, 0) is 19.4 Å². The minimum absolute atomic E-state index is 0.773. The molecule has 42 valence electrons. The van der Waals surface area contributed by atoms with Gasteiger partial charge in [-0.3, -0.25) is 0 Å². The molecule has 0 spiro atoms. The zero-order chi connectivity index (χ0) is 5.86. The van der Waals surface area contributed by atoms with Gasteiger partial charge in [0.05, 0.1) is 0 Å². The summed E-state index contributed by atoms with van der Waals surface area (Å²) >= 11 is 0. The van der Waals surface area contributed by atoms with Gasteiger partial charge >= 0.3 is 0 Å². The summed E-state index contributed by atoms with van der Waals surface area (Å²) in [6.07, 6.45) is 1.01. The average molecular weight is 101 g/mol. The first-order chi connectivity index (χ1) is 3.18. The van der Waals surface area contributed by atoms with Gasteiger partial charge in [0.15, 0.2) is 0 Å². The molecule has 0 saturated carbocycles. The van der Waals surface area contributed by atoms with E-state index < -0.39 is 6.23 Å². The number of allylic oxidation sites excluding steroid dienone is 1. The third-order valence-electron chi connectivity index (χ3n) is 0.922. The van der Waals surface area contributed by atoms with Crippen molar-refractivity contribution < 1.29 is 5.11 Å². The molecular formula is C5H11NO. The second-order valence-electron chi connectivity index (χ2n) is 1.48. The Balaban J connectivity index is 3.56. The Kier molecular flexibility index (Phi) is 2.64. The summed E-state index contributed by atoms with van der Waals surface area (Å²) in [7, 11) is 0. The van der Waals surface area contributed by atoms with Gasteiger partial charge < -0.3 is 10.8 Å². The maximum absolute atomic E-state index is 8.53. The number of hydrogen-bond donors (Lipinski definition) is 2. The number of nitrogens with two attached hydrogens (primary N) is 1. The molecule has 0 aromatic carbocycles. The maximum Gasteiger partial charge on any atom is 0.124 e. The first kappa shape index (κ1) is 6.66. The van der Waals surface area contributed by atoms with Crippen LogP contribution >= 0.6 is 0 Å². The van der Waals surface area contributed by atoms with Crippen LogP contribution in [0, 0.1) is 0 Å². The summed E-state index contributed by atoms with van der Waals surface area (Å²) in [6, 6.07) is 0. The second-order valence-corrected chi connectivity index (χ2v) is 1.48. The van der Waals surface area contributed by atoms with E-state index in [0.29, 0.717) is 0 Å². The molecule has 1 atom stereocenters. The maximum atomic E-state index is 8.53. The van der Waals surface area contributed by atoms with E-state index >= 15 is 0 Å². The zero-order valence-corrected chi connectivity index (χ0v) is 4.68. The predicted octanol–water partition coefficient (Wildman–Crippen LogP) is 0.230. The second kappa shape index (κ2) is 2.77. The summed E-state index contributed by atoms with van der Waals surface area (Å²) in [5.74, 6) is 0. The van der Waals surface area contributed by atoms with Crippen LogP contribution in [-0.4, -0.2) is 11.3 Å². The third-order valence-corrected chi connectivity index (χ3v) is 0.922. The molecule has 2 nitrogen and oxygen atoms in total. The highest BCUT2D eigenvalue weighted by atomic mass is 16.3. The van der Waals surface area contributed by atoms with Crippen molar-refractivity contribution in [3.63, 3.8) is 0 Å². The highest BCUT2D eigenvalue weighted by Crippen LogP contribution is 1.91. The van der Waals surface area contributed by atoms with E-state index in [1.165, 1.54) is 0 Å². The molecule has 1 unspecified atom stereocenters. The van der Waals surface area contributed by atoms with Crippen LogP contribution in [0.4, 0.5) is 0 Å². The SMILES string of the molecule is C/C=C(/C)C(N)O. The van der Waals surface area contributed by atoms with E-state index in [9.17, 15) is 0 Å². The molecule has 2 heteroatoms. The van der Waals surface area contributed by atoms with Gasteiger partial charge in [-0.25, -0.2) is 0 Å². The lowest BCUT2D eigenvalue weighted by Gasteiger charge is -2.00. The first-order valence-corrected chi connectivity index (χ1v) is 2.25. The van der Waals surface area contributed by atoms with Crippen molar-refractivity contribution in [2.75, 3.05) is 0 Å². The summed E-state index contributed by atoms with van der Waals surface area (Å²) in [4.78, 5) is 0. The summed E-state index contributed by atoms with van der Waals surface area (Å²) < 4.78 is 0. The Morgan fingerprint density at radius 2 is 2.29 bits per heavy atom. The van der Waals surface area contributed by atoms with Gasteiger partial charge in [0.1, 0.15) is 6.23 Å². The van der Waals surface area contributed by atoms with Crippen molar-refractivity contribution in [1.82, 2.24) is 0 Å². The Morgan fingerprint density at radius 1 is 1.86 bits per heavy atom. The van der Waals surface area contributed by atoms with Gasteiger partial charge in [0.2, 0.25) is 0 Å². The molecule has 0 heterocycles. The summed E-state index contributed by atoms with van der Waals surface area (Å²) in [5.41, 5.74) is 5.84. The third kappa shape index (κ3) is 2.37. The summed E-state index contributed by atoms with van der Waals surface area (Å²) in [5, 5.41) is 8.53. The zero-order valence-electron chi connectivity index (χ0n) is 4.68. The van der Waals surface area contributed by atoms with Crippen LogP contribution in [0.5, 0.6) is 0 Å². The fourth-order valence-electron chi connectivity index (χ4n) is 0.171. The molecular weight excluding hydrogens is 90.1 g/mol. The van der Waals surface area contributed by atoms with Crippen LogP contribution in [0.2, 0.25) is 0 Å². The van der Waals surface area contributed by atoms with Gasteiger partial charge in [0, 0.05) is 0 Å². The Bertz CT molecular complexity index is 76.1. The molecule has 0 amide bonds. The molecule has 0 aromatic heterocycles. The summed E-state index contributed by atoms with van der Waals surface area (Å²) in [6.45, 7) is 3.62. The van der Waals surface area contributed by atoms with Crippen LogP contribution in [0.15, 0.2) is 11.6 Å². The Labute approximate surface area is 43.6 Å².